The van der Waals surface area contributed by atoms with E-state index >= 15 is 0 Å². The Hall–Kier alpha value is -1.12. The molecule has 15 heavy (non-hydrogen) atoms. The molecular formula is C13H14OS. The van der Waals surface area contributed by atoms with Crippen LogP contribution in [0, 0.1) is 0 Å². The summed E-state index contributed by atoms with van der Waals surface area (Å²) >= 11 is 1.63. The van der Waals surface area contributed by atoms with Gasteiger partial charge < -0.3 is 5.11 Å². The number of aliphatic hydroxyl groups excluding tert-OH is 1. The van der Waals surface area contributed by atoms with Crippen LogP contribution in [0.2, 0.25) is 0 Å². The van der Waals surface area contributed by atoms with Crippen molar-refractivity contribution in [1.29, 1.82) is 0 Å². The predicted octanol–water partition coefficient (Wildman–Crippen LogP) is 3.39. The molecule has 2 aromatic rings. The lowest BCUT2D eigenvalue weighted by Gasteiger charge is -2.07. The summed E-state index contributed by atoms with van der Waals surface area (Å²) in [4.78, 5) is 1.03. The van der Waals surface area contributed by atoms with Crippen LogP contribution >= 0.6 is 11.3 Å². The maximum atomic E-state index is 10.1. The Balaban J connectivity index is 2.24. The molecule has 0 aliphatic carbocycles. The van der Waals surface area contributed by atoms with Gasteiger partial charge in [0.1, 0.15) is 6.10 Å². The van der Waals surface area contributed by atoms with Crippen LogP contribution in [0.15, 0.2) is 41.8 Å². The van der Waals surface area contributed by atoms with Gasteiger partial charge in [-0.25, -0.2) is 0 Å². The third-order valence-corrected chi connectivity index (χ3v) is 3.50. The monoisotopic (exact) mass is 218 g/mol. The Kier molecular flexibility index (Phi) is 3.19. The van der Waals surface area contributed by atoms with Crippen molar-refractivity contribution in [2.45, 2.75) is 19.4 Å². The zero-order valence-corrected chi connectivity index (χ0v) is 9.50. The van der Waals surface area contributed by atoms with Crippen molar-refractivity contribution in [2.24, 2.45) is 0 Å². The first-order valence-electron chi connectivity index (χ1n) is 5.11. The second-order valence-electron chi connectivity index (χ2n) is 3.52. The van der Waals surface area contributed by atoms with Crippen molar-refractivity contribution in [3.63, 3.8) is 0 Å². The quantitative estimate of drug-likeness (QED) is 0.837. The maximum absolute atomic E-state index is 10.1. The molecule has 1 N–H and O–H groups in total. The molecule has 0 saturated heterocycles. The van der Waals surface area contributed by atoms with Gasteiger partial charge >= 0.3 is 0 Å². The molecule has 1 nitrogen and oxygen atoms in total. The van der Waals surface area contributed by atoms with Gasteiger partial charge in [0.25, 0.3) is 0 Å². The van der Waals surface area contributed by atoms with E-state index in [2.05, 4.69) is 18.4 Å². The SMILES string of the molecule is CCc1csc(C(O)c2ccccc2)c1. The van der Waals surface area contributed by atoms with Crippen LogP contribution in [0.3, 0.4) is 0 Å². The van der Waals surface area contributed by atoms with Crippen molar-refractivity contribution in [3.05, 3.63) is 57.8 Å². The average molecular weight is 218 g/mol. The molecule has 1 heterocycles. The lowest BCUT2D eigenvalue weighted by Crippen LogP contribution is -1.96. The number of aryl methyl sites for hydroxylation is 1. The molecule has 1 unspecified atom stereocenters. The van der Waals surface area contributed by atoms with Gasteiger partial charge in [-0.1, -0.05) is 37.3 Å². The van der Waals surface area contributed by atoms with Gasteiger partial charge in [0.2, 0.25) is 0 Å². The van der Waals surface area contributed by atoms with E-state index in [4.69, 9.17) is 0 Å². The van der Waals surface area contributed by atoms with Crippen molar-refractivity contribution in [2.75, 3.05) is 0 Å². The summed E-state index contributed by atoms with van der Waals surface area (Å²) in [6, 6.07) is 11.9. The fraction of sp³-hybridized carbons (Fsp3) is 0.231. The molecule has 1 atom stereocenters. The van der Waals surface area contributed by atoms with Gasteiger partial charge in [0.15, 0.2) is 0 Å². The van der Waals surface area contributed by atoms with E-state index in [9.17, 15) is 5.11 Å². The molecule has 0 aliphatic rings. The van der Waals surface area contributed by atoms with Crippen LogP contribution in [-0.4, -0.2) is 5.11 Å². The fourth-order valence-corrected chi connectivity index (χ4v) is 2.53. The lowest BCUT2D eigenvalue weighted by atomic mass is 10.1. The van der Waals surface area contributed by atoms with Crippen molar-refractivity contribution in [1.82, 2.24) is 0 Å². The number of hydrogen-bond acceptors (Lipinski definition) is 2. The van der Waals surface area contributed by atoms with E-state index in [0.29, 0.717) is 0 Å². The molecule has 1 aromatic carbocycles. The van der Waals surface area contributed by atoms with Crippen LogP contribution in [0.4, 0.5) is 0 Å². The number of thiophene rings is 1. The highest BCUT2D eigenvalue weighted by atomic mass is 32.1. The van der Waals surface area contributed by atoms with Crippen molar-refractivity contribution >= 4 is 11.3 Å². The van der Waals surface area contributed by atoms with Gasteiger partial charge in [0.05, 0.1) is 0 Å². The summed E-state index contributed by atoms with van der Waals surface area (Å²) in [6.45, 7) is 2.13. The standard InChI is InChI=1S/C13H14OS/c1-2-10-8-12(15-9-10)13(14)11-6-4-3-5-7-11/h3-9,13-14H,2H2,1H3. The normalized spacial score (nSPS) is 12.7. The Bertz CT molecular complexity index is 419. The number of hydrogen-bond donors (Lipinski definition) is 1. The summed E-state index contributed by atoms with van der Waals surface area (Å²) in [5, 5.41) is 12.2. The highest BCUT2D eigenvalue weighted by Crippen LogP contribution is 2.27. The highest BCUT2D eigenvalue weighted by molar-refractivity contribution is 7.10. The second kappa shape index (κ2) is 4.60. The van der Waals surface area contributed by atoms with Gasteiger partial charge in [-0.2, -0.15) is 0 Å². The van der Waals surface area contributed by atoms with Crippen LogP contribution in [0.5, 0.6) is 0 Å². The van der Waals surface area contributed by atoms with E-state index < -0.39 is 6.10 Å². The number of aliphatic hydroxyl groups is 1. The molecule has 0 amide bonds. The molecule has 2 heteroatoms. The molecule has 1 aromatic heterocycles. The molecule has 78 valence electrons. The zero-order chi connectivity index (χ0) is 10.7. The minimum absolute atomic E-state index is 0.475. The van der Waals surface area contributed by atoms with E-state index in [1.807, 2.05) is 30.3 Å². The Morgan fingerprint density at radius 2 is 2.00 bits per heavy atom. The molecule has 0 radical (unpaired) electrons. The average Bonchev–Trinajstić information content (AvgIpc) is 2.78. The predicted molar refractivity (Wildman–Crippen MR) is 64.2 cm³/mol. The van der Waals surface area contributed by atoms with Gasteiger partial charge in [-0.15, -0.1) is 11.3 Å². The summed E-state index contributed by atoms with van der Waals surface area (Å²) in [6.07, 6.45) is 0.550. The minimum Gasteiger partial charge on any atom is -0.383 e. The fourth-order valence-electron chi connectivity index (χ4n) is 1.52. The first-order chi connectivity index (χ1) is 7.31. The summed E-state index contributed by atoms with van der Waals surface area (Å²) < 4.78 is 0. The van der Waals surface area contributed by atoms with Gasteiger partial charge in [-0.3, -0.25) is 0 Å². The van der Waals surface area contributed by atoms with E-state index in [1.165, 1.54) is 5.56 Å². The van der Waals surface area contributed by atoms with Crippen molar-refractivity contribution in [3.8, 4) is 0 Å². The largest absolute Gasteiger partial charge is 0.383 e. The zero-order valence-electron chi connectivity index (χ0n) is 8.68. The Morgan fingerprint density at radius 1 is 1.27 bits per heavy atom. The smallest absolute Gasteiger partial charge is 0.113 e. The van der Waals surface area contributed by atoms with Gasteiger partial charge in [0, 0.05) is 4.88 Å². The van der Waals surface area contributed by atoms with Crippen LogP contribution in [0.25, 0.3) is 0 Å². The van der Waals surface area contributed by atoms with E-state index in [1.54, 1.807) is 11.3 Å². The molecule has 0 bridgehead atoms. The Morgan fingerprint density at radius 3 is 2.60 bits per heavy atom. The first kappa shape index (κ1) is 10.4. The third-order valence-electron chi connectivity index (χ3n) is 2.47. The molecule has 0 spiro atoms. The summed E-state index contributed by atoms with van der Waals surface area (Å²) in [5.74, 6) is 0. The molecule has 0 aliphatic heterocycles. The van der Waals surface area contributed by atoms with Crippen LogP contribution < -0.4 is 0 Å². The summed E-state index contributed by atoms with van der Waals surface area (Å²) in [5.41, 5.74) is 2.26. The van der Waals surface area contributed by atoms with Crippen LogP contribution in [0.1, 0.15) is 29.0 Å². The van der Waals surface area contributed by atoms with Crippen molar-refractivity contribution < 1.29 is 5.11 Å². The molecule has 2 rings (SSSR count). The van der Waals surface area contributed by atoms with E-state index in [0.717, 1.165) is 16.9 Å². The third kappa shape index (κ3) is 2.28. The maximum Gasteiger partial charge on any atom is 0.113 e. The van der Waals surface area contributed by atoms with Gasteiger partial charge in [-0.05, 0) is 29.0 Å². The number of rotatable bonds is 3. The van der Waals surface area contributed by atoms with Crippen LogP contribution in [-0.2, 0) is 6.42 Å². The number of benzene rings is 1. The summed E-state index contributed by atoms with van der Waals surface area (Å²) in [7, 11) is 0. The first-order valence-corrected chi connectivity index (χ1v) is 5.99. The second-order valence-corrected chi connectivity index (χ2v) is 4.47. The molecule has 0 saturated carbocycles. The van der Waals surface area contributed by atoms with E-state index in [-0.39, 0.29) is 0 Å². The Labute approximate surface area is 94.0 Å². The topological polar surface area (TPSA) is 20.2 Å². The highest BCUT2D eigenvalue weighted by Gasteiger charge is 2.11. The lowest BCUT2D eigenvalue weighted by molar-refractivity contribution is 0.224. The minimum atomic E-state index is -0.475. The molecular weight excluding hydrogens is 204 g/mol. The molecule has 0 fully saturated rings.